The van der Waals surface area contributed by atoms with E-state index in [1.165, 1.54) is 6.07 Å². The average Bonchev–Trinajstić information content (AvgIpc) is 3.46. The maximum Gasteiger partial charge on any atom is 0.326 e. The Morgan fingerprint density at radius 2 is 2.00 bits per heavy atom. The van der Waals surface area contributed by atoms with E-state index in [-0.39, 0.29) is 29.3 Å². The van der Waals surface area contributed by atoms with E-state index in [1.54, 1.807) is 32.6 Å². The summed E-state index contributed by atoms with van der Waals surface area (Å²) in [5.74, 6) is -0.944. The highest BCUT2D eigenvalue weighted by atomic mass is 35.5. The average molecular weight is 575 g/mol. The van der Waals surface area contributed by atoms with Gasteiger partial charge in [-0.25, -0.2) is 22.7 Å². The summed E-state index contributed by atoms with van der Waals surface area (Å²) in [6, 6.07) is 5.17. The Morgan fingerprint density at radius 3 is 2.72 bits per heavy atom. The molecule has 0 bridgehead atoms. The first-order chi connectivity index (χ1) is 18.4. The first-order valence-corrected chi connectivity index (χ1v) is 15.2. The van der Waals surface area contributed by atoms with Crippen LogP contribution in [-0.4, -0.2) is 76.3 Å². The number of aryl methyl sites for hydroxylation is 1. The molecule has 1 aromatic carbocycles. The molecule has 2 fully saturated rings. The van der Waals surface area contributed by atoms with Gasteiger partial charge in [0.2, 0.25) is 0 Å². The van der Waals surface area contributed by atoms with Crippen LogP contribution in [0, 0.1) is 6.92 Å². The zero-order chi connectivity index (χ0) is 28.1. The van der Waals surface area contributed by atoms with Crippen molar-refractivity contribution >= 4 is 44.8 Å². The van der Waals surface area contributed by atoms with Crippen LogP contribution >= 0.6 is 11.6 Å². The number of carboxylic acid groups (broad SMARTS) is 1. The van der Waals surface area contributed by atoms with Crippen molar-refractivity contribution in [1.82, 2.24) is 19.5 Å². The summed E-state index contributed by atoms with van der Waals surface area (Å²) in [5.41, 5.74) is 8.70. The lowest BCUT2D eigenvalue weighted by molar-refractivity contribution is -0.138. The standard InChI is InChI=1S/C26H31ClN6O5S/c1-15-12-33-23(29-24(15)32-13-18(28)10-22(32)26(35)36)11-20(30-33)21-5-3-4-8-31(21)25(34)19-9-17(27)7-6-16(19)14-39(2,37)38/h6-7,9,11-12,18,21-22H,3-5,8,10,13-14,28H2,1-2H3,(H,35,36)/t18-,21-,22+/m0/s1. The molecule has 5 rings (SSSR count). The first kappa shape index (κ1) is 27.4. The maximum absolute atomic E-state index is 13.8. The number of carboxylic acids is 1. The third kappa shape index (κ3) is 5.59. The smallest absolute Gasteiger partial charge is 0.326 e. The maximum atomic E-state index is 13.8. The third-order valence-corrected chi connectivity index (χ3v) is 8.41. The summed E-state index contributed by atoms with van der Waals surface area (Å²) in [4.78, 5) is 33.9. The SMILES string of the molecule is Cc1cn2nc([C@@H]3CCCCN3C(=O)c3cc(Cl)ccc3CS(C)(=O)=O)cc2nc1N1C[C@@H](N)C[C@@H]1C(=O)O. The fourth-order valence-electron chi connectivity index (χ4n) is 5.60. The Balaban J connectivity index is 1.50. The number of amides is 1. The van der Waals surface area contributed by atoms with Crippen LogP contribution < -0.4 is 10.6 Å². The van der Waals surface area contributed by atoms with Crippen LogP contribution in [0.1, 0.15) is 58.9 Å². The molecule has 11 nitrogen and oxygen atoms in total. The number of nitrogens with zero attached hydrogens (tertiary/aromatic N) is 5. The molecule has 2 aliphatic rings. The Hall–Kier alpha value is -3.22. The van der Waals surface area contributed by atoms with Gasteiger partial charge in [-0.1, -0.05) is 17.7 Å². The largest absolute Gasteiger partial charge is 0.480 e. The van der Waals surface area contributed by atoms with Gasteiger partial charge < -0.3 is 20.6 Å². The molecule has 2 aliphatic heterocycles. The van der Waals surface area contributed by atoms with Crippen molar-refractivity contribution in [3.8, 4) is 0 Å². The number of rotatable bonds is 6. The zero-order valence-corrected chi connectivity index (χ0v) is 23.3. The number of hydrogen-bond acceptors (Lipinski definition) is 8. The molecule has 2 saturated heterocycles. The number of carbonyl (C=O) groups is 2. The number of anilines is 1. The number of aliphatic carboxylic acids is 1. The number of fused-ring (bicyclic) bond motifs is 1. The van der Waals surface area contributed by atoms with Crippen molar-refractivity contribution in [3.63, 3.8) is 0 Å². The molecular weight excluding hydrogens is 544 g/mol. The van der Waals surface area contributed by atoms with E-state index in [9.17, 15) is 23.1 Å². The van der Waals surface area contributed by atoms with E-state index < -0.39 is 21.8 Å². The normalized spacial score (nSPS) is 22.0. The number of sulfone groups is 1. The van der Waals surface area contributed by atoms with Crippen LogP contribution in [0.15, 0.2) is 30.5 Å². The van der Waals surface area contributed by atoms with Crippen LogP contribution in [0.5, 0.6) is 0 Å². The molecule has 2 aromatic heterocycles. The molecule has 4 heterocycles. The second-order valence-electron chi connectivity index (χ2n) is 10.5. The number of carbonyl (C=O) groups excluding carboxylic acids is 1. The van der Waals surface area contributed by atoms with Crippen LogP contribution in [-0.2, 0) is 20.4 Å². The Morgan fingerprint density at radius 1 is 1.23 bits per heavy atom. The number of nitrogens with two attached hydrogens (primary N) is 1. The quantitative estimate of drug-likeness (QED) is 0.452. The van der Waals surface area contributed by atoms with E-state index in [1.807, 2.05) is 13.0 Å². The fourth-order valence-corrected chi connectivity index (χ4v) is 6.59. The van der Waals surface area contributed by atoms with Gasteiger partial charge in [0.15, 0.2) is 15.5 Å². The second kappa shape index (κ2) is 10.4. The van der Waals surface area contributed by atoms with Gasteiger partial charge in [-0.3, -0.25) is 4.79 Å². The van der Waals surface area contributed by atoms with Gasteiger partial charge in [-0.05, 0) is 50.3 Å². The lowest BCUT2D eigenvalue weighted by Gasteiger charge is -2.35. The molecule has 13 heteroatoms. The Bertz CT molecular complexity index is 1560. The van der Waals surface area contributed by atoms with E-state index in [0.717, 1.165) is 24.7 Å². The summed E-state index contributed by atoms with van der Waals surface area (Å²) < 4.78 is 25.7. The predicted octanol–water partition coefficient (Wildman–Crippen LogP) is 2.59. The molecule has 3 aromatic rings. The molecule has 3 N–H and O–H groups in total. The molecule has 3 atom stereocenters. The molecule has 0 radical (unpaired) electrons. The van der Waals surface area contributed by atoms with E-state index in [0.29, 0.717) is 53.7 Å². The lowest BCUT2D eigenvalue weighted by Crippen LogP contribution is -2.39. The molecule has 1 amide bonds. The molecule has 208 valence electrons. The van der Waals surface area contributed by atoms with Crippen molar-refractivity contribution in [2.24, 2.45) is 5.73 Å². The number of likely N-dealkylation sites (tertiary alicyclic amines) is 1. The van der Waals surface area contributed by atoms with Gasteiger partial charge in [0, 0.05) is 53.8 Å². The molecule has 0 unspecified atom stereocenters. The Kier molecular flexibility index (Phi) is 7.29. The molecule has 0 aliphatic carbocycles. The van der Waals surface area contributed by atoms with Crippen molar-refractivity contribution in [3.05, 3.63) is 57.9 Å². The number of halogens is 1. The Labute approximate surface area is 231 Å². The second-order valence-corrected chi connectivity index (χ2v) is 13.1. The van der Waals surface area contributed by atoms with E-state index >= 15 is 0 Å². The van der Waals surface area contributed by atoms with Gasteiger partial charge in [0.25, 0.3) is 5.91 Å². The fraction of sp³-hybridized carbons (Fsp3) is 0.462. The van der Waals surface area contributed by atoms with Crippen LogP contribution in [0.2, 0.25) is 5.02 Å². The number of hydrogen-bond donors (Lipinski definition) is 2. The van der Waals surface area contributed by atoms with Crippen LogP contribution in [0.25, 0.3) is 5.65 Å². The number of benzene rings is 1. The first-order valence-electron chi connectivity index (χ1n) is 12.8. The topological polar surface area (TPSA) is 151 Å². The third-order valence-electron chi connectivity index (χ3n) is 7.34. The van der Waals surface area contributed by atoms with Crippen molar-refractivity contribution < 1.29 is 23.1 Å². The lowest BCUT2D eigenvalue weighted by atomic mass is 9.97. The van der Waals surface area contributed by atoms with Crippen molar-refractivity contribution in [1.29, 1.82) is 0 Å². The minimum absolute atomic E-state index is 0.259. The van der Waals surface area contributed by atoms with Crippen LogP contribution in [0.3, 0.4) is 0 Å². The zero-order valence-electron chi connectivity index (χ0n) is 21.7. The number of piperidine rings is 1. The minimum Gasteiger partial charge on any atom is -0.480 e. The predicted molar refractivity (Wildman–Crippen MR) is 147 cm³/mol. The van der Waals surface area contributed by atoms with Gasteiger partial charge in [0.05, 0.1) is 17.5 Å². The molecule has 39 heavy (non-hydrogen) atoms. The summed E-state index contributed by atoms with van der Waals surface area (Å²) in [7, 11) is -3.37. The molecular formula is C26H31ClN6O5S. The molecule has 0 spiro atoms. The highest BCUT2D eigenvalue weighted by Crippen LogP contribution is 2.34. The summed E-state index contributed by atoms with van der Waals surface area (Å²) in [5, 5.41) is 14.8. The summed E-state index contributed by atoms with van der Waals surface area (Å²) >= 11 is 6.21. The van der Waals surface area contributed by atoms with E-state index in [4.69, 9.17) is 27.4 Å². The minimum atomic E-state index is -3.37. The monoisotopic (exact) mass is 574 g/mol. The summed E-state index contributed by atoms with van der Waals surface area (Å²) in [6.45, 7) is 2.74. The van der Waals surface area contributed by atoms with Gasteiger partial charge >= 0.3 is 5.97 Å². The van der Waals surface area contributed by atoms with Gasteiger partial charge in [-0.2, -0.15) is 5.10 Å². The highest BCUT2D eigenvalue weighted by molar-refractivity contribution is 7.89. The van der Waals surface area contributed by atoms with Gasteiger partial charge in [-0.15, -0.1) is 0 Å². The summed E-state index contributed by atoms with van der Waals surface area (Å²) in [6.07, 6.45) is 5.68. The van der Waals surface area contributed by atoms with Gasteiger partial charge in [0.1, 0.15) is 11.9 Å². The molecule has 0 saturated carbocycles. The van der Waals surface area contributed by atoms with Crippen molar-refractivity contribution in [2.45, 2.75) is 56.5 Å². The number of aromatic nitrogens is 3. The van der Waals surface area contributed by atoms with Crippen LogP contribution in [0.4, 0.5) is 5.82 Å². The highest BCUT2D eigenvalue weighted by Gasteiger charge is 2.37. The van der Waals surface area contributed by atoms with Crippen molar-refractivity contribution in [2.75, 3.05) is 24.2 Å². The van der Waals surface area contributed by atoms with E-state index in [2.05, 4.69) is 0 Å².